The number of carbonyl (C=O) groups is 2. The summed E-state index contributed by atoms with van der Waals surface area (Å²) in [4.78, 5) is 29.8. The normalized spacial score (nSPS) is 12.7. The van der Waals surface area contributed by atoms with E-state index in [9.17, 15) is 22.4 Å². The Morgan fingerprint density at radius 3 is 2.13 bits per heavy atom. The van der Waals surface area contributed by atoms with Crippen LogP contribution in [0, 0.1) is 19.7 Å². The lowest BCUT2D eigenvalue weighted by molar-refractivity contribution is -0.140. The Balaban J connectivity index is 1.82. The first-order valence-electron chi connectivity index (χ1n) is 15.1. The van der Waals surface area contributed by atoms with Gasteiger partial charge in [-0.05, 0) is 98.0 Å². The minimum Gasteiger partial charge on any atom is -0.352 e. The number of rotatable bonds is 13. The third-order valence-corrected chi connectivity index (χ3v) is 10.0. The number of sulfonamides is 1. The fourth-order valence-electron chi connectivity index (χ4n) is 4.92. The van der Waals surface area contributed by atoms with Crippen LogP contribution in [0.3, 0.4) is 0 Å². The molecule has 0 aromatic heterocycles. The van der Waals surface area contributed by atoms with Crippen LogP contribution in [-0.4, -0.2) is 43.8 Å². The first-order chi connectivity index (χ1) is 21.9. The number of anilines is 1. The van der Waals surface area contributed by atoms with Crippen molar-refractivity contribution >= 4 is 39.1 Å². The van der Waals surface area contributed by atoms with Crippen molar-refractivity contribution in [3.8, 4) is 0 Å². The Labute approximate surface area is 276 Å². The summed E-state index contributed by atoms with van der Waals surface area (Å²) in [6, 6.07) is 24.7. The molecular weight excluding hydrogens is 625 g/mol. The van der Waals surface area contributed by atoms with Gasteiger partial charge in [-0.15, -0.1) is 0 Å². The Hall–Kier alpha value is -4.21. The summed E-state index contributed by atoms with van der Waals surface area (Å²) < 4.78 is 43.2. The van der Waals surface area contributed by atoms with Gasteiger partial charge in [0.15, 0.2) is 0 Å². The maximum absolute atomic E-state index is 14.5. The fraction of sp³-hybridized carbons (Fsp3) is 0.278. The highest BCUT2D eigenvalue weighted by molar-refractivity contribution is 7.92. The molecule has 0 saturated heterocycles. The third-order valence-electron chi connectivity index (χ3n) is 8.00. The predicted octanol–water partition coefficient (Wildman–Crippen LogP) is 6.85. The lowest BCUT2D eigenvalue weighted by Gasteiger charge is -2.34. The Kier molecular flexibility index (Phi) is 11.6. The topological polar surface area (TPSA) is 86.8 Å². The van der Waals surface area contributed by atoms with E-state index in [1.165, 1.54) is 41.3 Å². The fourth-order valence-corrected chi connectivity index (χ4v) is 6.46. The molecule has 0 bridgehead atoms. The van der Waals surface area contributed by atoms with Crippen LogP contribution >= 0.6 is 11.6 Å². The molecule has 2 atom stereocenters. The summed E-state index contributed by atoms with van der Waals surface area (Å²) in [5.41, 5.74) is 3.52. The molecule has 1 N–H and O–H groups in total. The van der Waals surface area contributed by atoms with Crippen molar-refractivity contribution in [1.82, 2.24) is 10.2 Å². The van der Waals surface area contributed by atoms with Gasteiger partial charge in [-0.3, -0.25) is 13.9 Å². The predicted molar refractivity (Wildman–Crippen MR) is 181 cm³/mol. The van der Waals surface area contributed by atoms with Gasteiger partial charge < -0.3 is 10.2 Å². The van der Waals surface area contributed by atoms with E-state index >= 15 is 0 Å². The van der Waals surface area contributed by atoms with Crippen molar-refractivity contribution in [1.29, 1.82) is 0 Å². The molecule has 7 nitrogen and oxygen atoms in total. The van der Waals surface area contributed by atoms with Crippen LogP contribution in [0.2, 0.25) is 5.02 Å². The van der Waals surface area contributed by atoms with Crippen LogP contribution in [-0.2, 0) is 32.6 Å². The van der Waals surface area contributed by atoms with Gasteiger partial charge in [0.1, 0.15) is 18.4 Å². The van der Waals surface area contributed by atoms with Crippen molar-refractivity contribution in [3.63, 3.8) is 0 Å². The zero-order valence-corrected chi connectivity index (χ0v) is 28.0. The Bertz CT molecular complexity index is 1750. The summed E-state index contributed by atoms with van der Waals surface area (Å²) in [7, 11) is -4.26. The van der Waals surface area contributed by atoms with Gasteiger partial charge in [0.25, 0.3) is 10.0 Å². The summed E-state index contributed by atoms with van der Waals surface area (Å²) in [6.45, 7) is 6.97. The van der Waals surface area contributed by atoms with Gasteiger partial charge in [0.2, 0.25) is 11.8 Å². The van der Waals surface area contributed by atoms with E-state index in [1.807, 2.05) is 58.0 Å². The molecule has 4 rings (SSSR count). The second-order valence-corrected chi connectivity index (χ2v) is 13.7. The summed E-state index contributed by atoms with van der Waals surface area (Å²) in [5, 5.41) is 3.37. The number of benzene rings is 4. The Morgan fingerprint density at radius 2 is 1.52 bits per heavy atom. The number of halogens is 2. The number of carbonyl (C=O) groups excluding carboxylic acids is 2. The molecular formula is C36H39ClFN3O4S. The van der Waals surface area contributed by atoms with Crippen molar-refractivity contribution in [2.75, 3.05) is 10.8 Å². The van der Waals surface area contributed by atoms with Gasteiger partial charge >= 0.3 is 0 Å². The highest BCUT2D eigenvalue weighted by atomic mass is 35.5. The van der Waals surface area contributed by atoms with Gasteiger partial charge in [-0.25, -0.2) is 12.8 Å². The molecule has 0 aliphatic heterocycles. The molecule has 0 spiro atoms. The van der Waals surface area contributed by atoms with Crippen LogP contribution in [0.1, 0.15) is 42.5 Å². The first-order valence-corrected chi connectivity index (χ1v) is 16.9. The number of nitrogens with zero attached hydrogens (tertiary/aromatic N) is 2. The van der Waals surface area contributed by atoms with Crippen molar-refractivity contribution in [3.05, 3.63) is 130 Å². The lowest BCUT2D eigenvalue weighted by atomic mass is 10.0. The molecule has 0 aliphatic rings. The first kappa shape index (κ1) is 34.7. The highest BCUT2D eigenvalue weighted by Crippen LogP contribution is 2.28. The summed E-state index contributed by atoms with van der Waals surface area (Å²) in [6.07, 6.45) is 0.860. The minimum atomic E-state index is -4.26. The molecule has 242 valence electrons. The van der Waals surface area contributed by atoms with Gasteiger partial charge in [-0.2, -0.15) is 0 Å². The standard InChI is InChI=1S/C36H39ClFN3O4S/c1-5-27(4)39-36(43)34(22-28-9-7-6-8-10-28)40(23-29-12-16-31(38)17-13-29)35(42)24-41(32-18-11-25(2)26(3)21-32)46(44,45)33-19-14-30(37)15-20-33/h6-21,27,34H,5,22-24H2,1-4H3,(H,39,43)/t27-,34+/m1/s1. The molecule has 0 fully saturated rings. The molecule has 0 saturated carbocycles. The van der Waals surface area contributed by atoms with E-state index in [0.717, 1.165) is 21.0 Å². The molecule has 4 aromatic carbocycles. The molecule has 0 heterocycles. The van der Waals surface area contributed by atoms with E-state index < -0.39 is 34.3 Å². The Morgan fingerprint density at radius 1 is 0.870 bits per heavy atom. The lowest BCUT2D eigenvalue weighted by Crippen LogP contribution is -2.54. The molecule has 2 amide bonds. The SMILES string of the molecule is CC[C@@H](C)NC(=O)[C@H](Cc1ccccc1)N(Cc1ccc(F)cc1)C(=O)CN(c1ccc(C)c(C)c1)S(=O)(=O)c1ccc(Cl)cc1. The van der Waals surface area contributed by atoms with Gasteiger partial charge in [0, 0.05) is 24.0 Å². The van der Waals surface area contributed by atoms with Crippen molar-refractivity contribution in [2.45, 2.75) is 64.1 Å². The maximum atomic E-state index is 14.5. The van der Waals surface area contributed by atoms with E-state index in [4.69, 9.17) is 11.6 Å². The maximum Gasteiger partial charge on any atom is 0.264 e. The van der Waals surface area contributed by atoms with Crippen LogP contribution in [0.25, 0.3) is 0 Å². The molecule has 4 aromatic rings. The molecule has 0 unspecified atom stereocenters. The van der Waals surface area contributed by atoms with Gasteiger partial charge in [0.05, 0.1) is 10.6 Å². The van der Waals surface area contributed by atoms with Crippen molar-refractivity contribution in [2.24, 2.45) is 0 Å². The van der Waals surface area contributed by atoms with E-state index in [-0.39, 0.29) is 29.8 Å². The van der Waals surface area contributed by atoms with E-state index in [2.05, 4.69) is 5.32 Å². The molecule has 10 heteroatoms. The molecule has 0 radical (unpaired) electrons. The second-order valence-electron chi connectivity index (χ2n) is 11.4. The van der Waals surface area contributed by atoms with Gasteiger partial charge in [-0.1, -0.05) is 67.1 Å². The minimum absolute atomic E-state index is 0.0386. The van der Waals surface area contributed by atoms with E-state index in [0.29, 0.717) is 22.7 Å². The molecule has 0 aliphatic carbocycles. The van der Waals surface area contributed by atoms with Crippen LogP contribution in [0.4, 0.5) is 10.1 Å². The number of hydrogen-bond acceptors (Lipinski definition) is 4. The van der Waals surface area contributed by atoms with E-state index in [1.54, 1.807) is 30.3 Å². The zero-order chi connectivity index (χ0) is 33.4. The average Bonchev–Trinajstić information content (AvgIpc) is 3.04. The zero-order valence-electron chi connectivity index (χ0n) is 26.4. The number of amides is 2. The molecule has 46 heavy (non-hydrogen) atoms. The number of hydrogen-bond donors (Lipinski definition) is 1. The van der Waals surface area contributed by atoms with Crippen LogP contribution in [0.15, 0.2) is 102 Å². The smallest absolute Gasteiger partial charge is 0.264 e. The third kappa shape index (κ3) is 8.73. The largest absolute Gasteiger partial charge is 0.352 e. The van der Waals surface area contributed by atoms with Crippen LogP contribution in [0.5, 0.6) is 0 Å². The summed E-state index contributed by atoms with van der Waals surface area (Å²) in [5.74, 6) is -1.40. The summed E-state index contributed by atoms with van der Waals surface area (Å²) >= 11 is 6.06. The number of nitrogens with one attached hydrogen (secondary N) is 1. The van der Waals surface area contributed by atoms with Crippen molar-refractivity contribution < 1.29 is 22.4 Å². The quantitative estimate of drug-likeness (QED) is 0.170. The second kappa shape index (κ2) is 15.4. The number of aryl methyl sites for hydroxylation is 2. The monoisotopic (exact) mass is 663 g/mol. The van der Waals surface area contributed by atoms with Crippen LogP contribution < -0.4 is 9.62 Å². The highest BCUT2D eigenvalue weighted by Gasteiger charge is 2.35. The average molecular weight is 664 g/mol.